The van der Waals surface area contributed by atoms with Crippen LogP contribution in [0.5, 0.6) is 0 Å². The van der Waals surface area contributed by atoms with E-state index in [-0.39, 0.29) is 0 Å². The molecule has 1 N–H and O–H groups in total. The summed E-state index contributed by atoms with van der Waals surface area (Å²) in [6.07, 6.45) is 0. The predicted octanol–water partition coefficient (Wildman–Crippen LogP) is 3.38. The summed E-state index contributed by atoms with van der Waals surface area (Å²) in [7, 11) is -0.978. The second-order valence-electron chi connectivity index (χ2n) is 3.51. The molecule has 0 aromatic rings. The van der Waals surface area contributed by atoms with Gasteiger partial charge < -0.3 is 5.09 Å². The van der Waals surface area contributed by atoms with Crippen LogP contribution in [0.2, 0.25) is 0 Å². The van der Waals surface area contributed by atoms with Crippen molar-refractivity contribution in [3.8, 4) is 0 Å². The van der Waals surface area contributed by atoms with Gasteiger partial charge >= 0.3 is 0 Å². The maximum atomic E-state index is 11.8. The fourth-order valence-electron chi connectivity index (χ4n) is 1.46. The second-order valence-corrected chi connectivity index (χ2v) is 7.72. The Hall–Kier alpha value is 0.690. The molecule has 0 aromatic carbocycles. The maximum Gasteiger partial charge on any atom is 0.277 e. The van der Waals surface area contributed by atoms with Gasteiger partial charge in [-0.25, -0.2) is 0 Å². The highest BCUT2D eigenvalue weighted by Crippen LogP contribution is 2.41. The SMILES string of the molecule is CCN(CC)P(NC(=O)C(Cl)(Cl)Cl)N(CC)CC. The van der Waals surface area contributed by atoms with E-state index in [0.717, 1.165) is 26.2 Å². The lowest BCUT2D eigenvalue weighted by Crippen LogP contribution is -2.41. The van der Waals surface area contributed by atoms with E-state index in [4.69, 9.17) is 34.8 Å². The molecule has 0 unspecified atom stereocenters. The van der Waals surface area contributed by atoms with E-state index >= 15 is 0 Å². The van der Waals surface area contributed by atoms with Crippen LogP contribution in [0.3, 0.4) is 0 Å². The quantitative estimate of drug-likeness (QED) is 0.572. The van der Waals surface area contributed by atoms with E-state index in [1.165, 1.54) is 0 Å². The Morgan fingerprint density at radius 3 is 1.56 bits per heavy atom. The minimum atomic E-state index is -1.92. The lowest BCUT2D eigenvalue weighted by Gasteiger charge is -2.37. The van der Waals surface area contributed by atoms with Gasteiger partial charge in [0.25, 0.3) is 9.70 Å². The number of carbonyl (C=O) groups excluding carboxylic acids is 1. The van der Waals surface area contributed by atoms with Crippen molar-refractivity contribution in [2.45, 2.75) is 31.5 Å². The summed E-state index contributed by atoms with van der Waals surface area (Å²) in [4.78, 5) is 11.8. The Morgan fingerprint density at radius 1 is 1.00 bits per heavy atom. The van der Waals surface area contributed by atoms with Crippen molar-refractivity contribution in [2.75, 3.05) is 26.2 Å². The highest BCUT2D eigenvalue weighted by atomic mass is 35.6. The number of nitrogens with zero attached hydrogens (tertiary/aromatic N) is 2. The second kappa shape index (κ2) is 8.78. The molecule has 4 nitrogen and oxygen atoms in total. The van der Waals surface area contributed by atoms with Crippen molar-refractivity contribution in [3.05, 3.63) is 0 Å². The number of carbonyl (C=O) groups is 1. The fourth-order valence-corrected chi connectivity index (χ4v) is 3.86. The Balaban J connectivity index is 4.92. The fraction of sp³-hybridized carbons (Fsp3) is 0.900. The third-order valence-electron chi connectivity index (χ3n) is 2.45. The molecule has 0 aliphatic carbocycles. The highest BCUT2D eigenvalue weighted by Gasteiger charge is 2.35. The Morgan fingerprint density at radius 2 is 1.33 bits per heavy atom. The summed E-state index contributed by atoms with van der Waals surface area (Å²) in [5, 5.41) is 2.84. The van der Waals surface area contributed by atoms with Gasteiger partial charge in [-0.15, -0.1) is 0 Å². The number of hydrogen-bond donors (Lipinski definition) is 1. The molecule has 0 aromatic heterocycles. The molecule has 0 saturated carbocycles. The zero-order valence-corrected chi connectivity index (χ0v) is 14.4. The van der Waals surface area contributed by atoms with Crippen molar-refractivity contribution in [2.24, 2.45) is 0 Å². The first-order chi connectivity index (χ1) is 8.31. The first kappa shape index (κ1) is 18.7. The molecule has 0 spiro atoms. The van der Waals surface area contributed by atoms with Gasteiger partial charge in [0.1, 0.15) is 8.37 Å². The highest BCUT2D eigenvalue weighted by molar-refractivity contribution is 7.51. The van der Waals surface area contributed by atoms with E-state index in [1.807, 2.05) is 27.7 Å². The zero-order valence-electron chi connectivity index (χ0n) is 11.2. The van der Waals surface area contributed by atoms with Crippen LogP contribution in [0, 0.1) is 0 Å². The molecule has 0 rings (SSSR count). The van der Waals surface area contributed by atoms with Gasteiger partial charge in [-0.05, 0) is 0 Å². The molecule has 18 heavy (non-hydrogen) atoms. The third-order valence-corrected chi connectivity index (χ3v) is 5.58. The first-order valence-electron chi connectivity index (χ1n) is 5.99. The van der Waals surface area contributed by atoms with Gasteiger partial charge in [-0.1, -0.05) is 62.5 Å². The molecule has 8 heteroatoms. The van der Waals surface area contributed by atoms with Crippen molar-refractivity contribution >= 4 is 49.1 Å². The summed E-state index contributed by atoms with van der Waals surface area (Å²) < 4.78 is 2.41. The zero-order chi connectivity index (χ0) is 14.3. The van der Waals surface area contributed by atoms with Gasteiger partial charge in [-0.3, -0.25) is 14.1 Å². The summed E-state index contributed by atoms with van der Waals surface area (Å²) in [5.74, 6) is -0.572. The number of amides is 1. The smallest absolute Gasteiger partial charge is 0.277 e. The van der Waals surface area contributed by atoms with Crippen LogP contribution in [0.1, 0.15) is 27.7 Å². The lowest BCUT2D eigenvalue weighted by atomic mass is 10.7. The van der Waals surface area contributed by atoms with Crippen LogP contribution in [0.25, 0.3) is 0 Å². The Kier molecular flexibility index (Phi) is 9.12. The number of alkyl halides is 3. The average molecular weight is 337 g/mol. The largest absolute Gasteiger partial charge is 0.306 e. The van der Waals surface area contributed by atoms with Crippen LogP contribution >= 0.6 is 43.2 Å². The molecule has 0 fully saturated rings. The van der Waals surface area contributed by atoms with Gasteiger partial charge in [-0.2, -0.15) is 0 Å². The third kappa shape index (κ3) is 5.77. The number of halogens is 3. The van der Waals surface area contributed by atoms with Crippen LogP contribution in [-0.4, -0.2) is 45.2 Å². The van der Waals surface area contributed by atoms with E-state index in [0.29, 0.717) is 0 Å². The van der Waals surface area contributed by atoms with Crippen LogP contribution in [-0.2, 0) is 4.79 Å². The molecular weight excluding hydrogens is 315 g/mol. The number of hydrogen-bond acceptors (Lipinski definition) is 3. The average Bonchev–Trinajstić information content (AvgIpc) is 2.30. The van der Waals surface area contributed by atoms with E-state index < -0.39 is 18.1 Å². The number of rotatable bonds is 7. The molecule has 1 amide bonds. The van der Waals surface area contributed by atoms with Gasteiger partial charge in [0.05, 0.1) is 0 Å². The normalized spacial score (nSPS) is 12.6. The van der Waals surface area contributed by atoms with Crippen molar-refractivity contribution < 1.29 is 4.79 Å². The molecule has 0 heterocycles. The van der Waals surface area contributed by atoms with E-state index in [9.17, 15) is 4.79 Å². The van der Waals surface area contributed by atoms with Gasteiger partial charge in [0, 0.05) is 26.2 Å². The molecule has 0 aliphatic rings. The lowest BCUT2D eigenvalue weighted by molar-refractivity contribution is -0.118. The minimum Gasteiger partial charge on any atom is -0.306 e. The predicted molar refractivity (Wildman–Crippen MR) is 81.2 cm³/mol. The number of nitrogens with one attached hydrogen (secondary N) is 1. The first-order valence-corrected chi connectivity index (χ1v) is 8.37. The van der Waals surface area contributed by atoms with E-state index in [2.05, 4.69) is 14.4 Å². The molecular formula is C10H21Cl3N3OP. The molecule has 0 atom stereocenters. The van der Waals surface area contributed by atoms with Crippen LogP contribution in [0.15, 0.2) is 0 Å². The molecule has 0 bridgehead atoms. The Bertz CT molecular complexity index is 243. The molecule has 0 saturated heterocycles. The van der Waals surface area contributed by atoms with Crippen molar-refractivity contribution in [1.82, 2.24) is 14.4 Å². The summed E-state index contributed by atoms with van der Waals surface area (Å²) in [6, 6.07) is 0. The topological polar surface area (TPSA) is 35.6 Å². The summed E-state index contributed by atoms with van der Waals surface area (Å²) in [6.45, 7) is 11.5. The standard InChI is InChI=1S/C10H21Cl3N3OP/c1-5-15(6-2)18(16(7-3)8-4)14-9(17)10(11,12)13/h5-8H2,1-4H3,(H,14,17). The van der Waals surface area contributed by atoms with Gasteiger partial charge in [0.2, 0.25) is 0 Å². The molecule has 108 valence electrons. The van der Waals surface area contributed by atoms with Crippen LogP contribution < -0.4 is 5.09 Å². The van der Waals surface area contributed by atoms with E-state index in [1.54, 1.807) is 0 Å². The minimum absolute atomic E-state index is 0.572. The van der Waals surface area contributed by atoms with Crippen LogP contribution in [0.4, 0.5) is 0 Å². The van der Waals surface area contributed by atoms with Crippen molar-refractivity contribution in [1.29, 1.82) is 0 Å². The van der Waals surface area contributed by atoms with Crippen molar-refractivity contribution in [3.63, 3.8) is 0 Å². The monoisotopic (exact) mass is 335 g/mol. The molecule has 0 radical (unpaired) electrons. The maximum absolute atomic E-state index is 11.8. The summed E-state index contributed by atoms with van der Waals surface area (Å²) >= 11 is 16.8. The van der Waals surface area contributed by atoms with Gasteiger partial charge in [0.15, 0.2) is 0 Å². The molecule has 0 aliphatic heterocycles. The Labute approximate surface area is 126 Å². The summed E-state index contributed by atoms with van der Waals surface area (Å²) in [5.41, 5.74) is 0.